The number of aryl methyl sites for hydroxylation is 1. The van der Waals surface area contributed by atoms with Crippen LogP contribution in [0.5, 0.6) is 11.6 Å². The van der Waals surface area contributed by atoms with E-state index in [-0.39, 0.29) is 12.5 Å². The maximum absolute atomic E-state index is 11.7. The number of hydrogen-bond donors (Lipinski definition) is 2. The van der Waals surface area contributed by atoms with Gasteiger partial charge >= 0.3 is 0 Å². The topological polar surface area (TPSA) is 63.2 Å². The van der Waals surface area contributed by atoms with Crippen molar-refractivity contribution in [3.05, 3.63) is 47.7 Å². The molecule has 1 heterocycles. The zero-order valence-corrected chi connectivity index (χ0v) is 12.4. The number of likely N-dealkylation sites (N-methyl/N-ethyl adjacent to an activating group) is 1. The second-order valence-corrected chi connectivity index (χ2v) is 4.73. The van der Waals surface area contributed by atoms with E-state index >= 15 is 0 Å². The molecule has 0 atom stereocenters. The first-order valence-corrected chi connectivity index (χ1v) is 6.75. The molecule has 5 heteroatoms. The molecule has 1 aromatic heterocycles. The van der Waals surface area contributed by atoms with Crippen LogP contribution in [0.25, 0.3) is 0 Å². The van der Waals surface area contributed by atoms with Gasteiger partial charge in [0.2, 0.25) is 11.8 Å². The number of benzene rings is 1. The van der Waals surface area contributed by atoms with E-state index in [2.05, 4.69) is 15.6 Å². The van der Waals surface area contributed by atoms with Gasteiger partial charge in [0.1, 0.15) is 11.4 Å². The van der Waals surface area contributed by atoms with Gasteiger partial charge in [-0.05, 0) is 50.2 Å². The SMILES string of the molecule is CNCC(=O)Nc1cccnc1Oc1cccc(C)c1C. The Morgan fingerprint density at radius 2 is 2.05 bits per heavy atom. The molecule has 0 radical (unpaired) electrons. The summed E-state index contributed by atoms with van der Waals surface area (Å²) in [4.78, 5) is 15.9. The monoisotopic (exact) mass is 285 g/mol. The Morgan fingerprint density at radius 1 is 1.24 bits per heavy atom. The third-order valence-corrected chi connectivity index (χ3v) is 3.14. The lowest BCUT2D eigenvalue weighted by Gasteiger charge is -2.13. The summed E-state index contributed by atoms with van der Waals surface area (Å²) >= 11 is 0. The second-order valence-electron chi connectivity index (χ2n) is 4.73. The van der Waals surface area contributed by atoms with Crippen molar-refractivity contribution in [3.63, 3.8) is 0 Å². The van der Waals surface area contributed by atoms with Gasteiger partial charge in [0.25, 0.3) is 0 Å². The molecule has 0 unspecified atom stereocenters. The Labute approximate surface area is 124 Å². The van der Waals surface area contributed by atoms with Crippen LogP contribution in [-0.2, 0) is 4.79 Å². The van der Waals surface area contributed by atoms with Gasteiger partial charge in [-0.25, -0.2) is 4.98 Å². The molecule has 21 heavy (non-hydrogen) atoms. The maximum atomic E-state index is 11.7. The van der Waals surface area contributed by atoms with E-state index < -0.39 is 0 Å². The quantitative estimate of drug-likeness (QED) is 0.886. The average Bonchev–Trinajstić information content (AvgIpc) is 2.46. The van der Waals surface area contributed by atoms with Crippen molar-refractivity contribution in [1.82, 2.24) is 10.3 Å². The minimum Gasteiger partial charge on any atom is -0.437 e. The van der Waals surface area contributed by atoms with Gasteiger partial charge in [-0.15, -0.1) is 0 Å². The van der Waals surface area contributed by atoms with Gasteiger partial charge in [0.15, 0.2) is 0 Å². The summed E-state index contributed by atoms with van der Waals surface area (Å²) in [7, 11) is 1.72. The minimum absolute atomic E-state index is 0.142. The fourth-order valence-electron chi connectivity index (χ4n) is 1.86. The lowest BCUT2D eigenvalue weighted by molar-refractivity contribution is -0.115. The first kappa shape index (κ1) is 15.0. The molecule has 2 rings (SSSR count). The van der Waals surface area contributed by atoms with Crippen molar-refractivity contribution in [3.8, 4) is 11.6 Å². The van der Waals surface area contributed by atoms with Crippen molar-refractivity contribution in [2.75, 3.05) is 18.9 Å². The van der Waals surface area contributed by atoms with Crippen molar-refractivity contribution >= 4 is 11.6 Å². The van der Waals surface area contributed by atoms with E-state index in [0.717, 1.165) is 16.9 Å². The highest BCUT2D eigenvalue weighted by molar-refractivity contribution is 5.93. The van der Waals surface area contributed by atoms with Crippen LogP contribution >= 0.6 is 0 Å². The predicted octanol–water partition coefficient (Wildman–Crippen LogP) is 2.65. The molecular formula is C16H19N3O2. The summed E-state index contributed by atoms with van der Waals surface area (Å²) < 4.78 is 5.85. The van der Waals surface area contributed by atoms with Gasteiger partial charge in [-0.1, -0.05) is 12.1 Å². The highest BCUT2D eigenvalue weighted by Gasteiger charge is 2.11. The van der Waals surface area contributed by atoms with Crippen LogP contribution in [-0.4, -0.2) is 24.5 Å². The van der Waals surface area contributed by atoms with Crippen LogP contribution in [0.1, 0.15) is 11.1 Å². The molecule has 0 fully saturated rings. The van der Waals surface area contributed by atoms with Crippen LogP contribution < -0.4 is 15.4 Å². The van der Waals surface area contributed by atoms with Crippen molar-refractivity contribution in [1.29, 1.82) is 0 Å². The number of pyridine rings is 1. The van der Waals surface area contributed by atoms with E-state index in [0.29, 0.717) is 11.6 Å². The summed E-state index contributed by atoms with van der Waals surface area (Å²) in [5.74, 6) is 0.977. The summed E-state index contributed by atoms with van der Waals surface area (Å²) in [6.07, 6.45) is 1.63. The van der Waals surface area contributed by atoms with Gasteiger partial charge in [-0.3, -0.25) is 4.79 Å². The summed E-state index contributed by atoms with van der Waals surface area (Å²) in [5.41, 5.74) is 2.75. The molecule has 110 valence electrons. The molecule has 1 aromatic carbocycles. The Kier molecular flexibility index (Phi) is 4.90. The van der Waals surface area contributed by atoms with Crippen LogP contribution in [0.3, 0.4) is 0 Å². The highest BCUT2D eigenvalue weighted by Crippen LogP contribution is 2.30. The van der Waals surface area contributed by atoms with E-state index in [1.807, 2.05) is 32.0 Å². The Morgan fingerprint density at radius 3 is 2.81 bits per heavy atom. The first-order valence-electron chi connectivity index (χ1n) is 6.75. The number of aromatic nitrogens is 1. The third kappa shape index (κ3) is 3.79. The average molecular weight is 285 g/mol. The normalized spacial score (nSPS) is 10.2. The number of rotatable bonds is 5. The molecule has 1 amide bonds. The zero-order valence-electron chi connectivity index (χ0n) is 12.4. The standard InChI is InChI=1S/C16H19N3O2/c1-11-6-4-8-14(12(11)2)21-16-13(7-5-9-18-16)19-15(20)10-17-3/h4-9,17H,10H2,1-3H3,(H,19,20). The summed E-state index contributed by atoms with van der Waals surface area (Å²) in [6, 6.07) is 9.36. The van der Waals surface area contributed by atoms with Crippen molar-refractivity contribution < 1.29 is 9.53 Å². The smallest absolute Gasteiger partial charge is 0.243 e. The van der Waals surface area contributed by atoms with Crippen LogP contribution in [0.2, 0.25) is 0 Å². The van der Waals surface area contributed by atoms with Gasteiger partial charge in [0, 0.05) is 6.20 Å². The number of ether oxygens (including phenoxy) is 1. The number of nitrogens with one attached hydrogen (secondary N) is 2. The molecule has 0 bridgehead atoms. The largest absolute Gasteiger partial charge is 0.437 e. The fraction of sp³-hybridized carbons (Fsp3) is 0.250. The molecule has 0 aliphatic rings. The second kappa shape index (κ2) is 6.85. The molecule has 2 N–H and O–H groups in total. The van der Waals surface area contributed by atoms with Crippen molar-refractivity contribution in [2.24, 2.45) is 0 Å². The van der Waals surface area contributed by atoms with Crippen LogP contribution in [0.15, 0.2) is 36.5 Å². The number of amides is 1. The molecule has 5 nitrogen and oxygen atoms in total. The minimum atomic E-state index is -0.142. The molecule has 0 saturated heterocycles. The molecular weight excluding hydrogens is 266 g/mol. The maximum Gasteiger partial charge on any atom is 0.243 e. The predicted molar refractivity (Wildman–Crippen MR) is 82.8 cm³/mol. The Balaban J connectivity index is 2.24. The zero-order chi connectivity index (χ0) is 15.2. The number of carbonyl (C=O) groups excluding carboxylic acids is 1. The highest BCUT2D eigenvalue weighted by atomic mass is 16.5. The van der Waals surface area contributed by atoms with Crippen LogP contribution in [0, 0.1) is 13.8 Å². The number of nitrogens with zero attached hydrogens (tertiary/aromatic N) is 1. The summed E-state index contributed by atoms with van der Waals surface area (Å²) in [6.45, 7) is 4.25. The lowest BCUT2D eigenvalue weighted by Crippen LogP contribution is -2.25. The van der Waals surface area contributed by atoms with E-state index in [1.54, 1.807) is 25.4 Å². The lowest BCUT2D eigenvalue weighted by atomic mass is 10.1. The van der Waals surface area contributed by atoms with E-state index in [4.69, 9.17) is 4.74 Å². The van der Waals surface area contributed by atoms with Gasteiger partial charge in [-0.2, -0.15) is 0 Å². The third-order valence-electron chi connectivity index (χ3n) is 3.14. The fourth-order valence-corrected chi connectivity index (χ4v) is 1.86. The Hall–Kier alpha value is -2.40. The molecule has 0 saturated carbocycles. The molecule has 0 aliphatic heterocycles. The number of carbonyl (C=O) groups is 1. The van der Waals surface area contributed by atoms with E-state index in [9.17, 15) is 4.79 Å². The first-order chi connectivity index (χ1) is 10.1. The van der Waals surface area contributed by atoms with E-state index in [1.165, 1.54) is 0 Å². The summed E-state index contributed by atoms with van der Waals surface area (Å²) in [5, 5.41) is 5.58. The van der Waals surface area contributed by atoms with Gasteiger partial charge < -0.3 is 15.4 Å². The molecule has 0 aliphatic carbocycles. The molecule has 0 spiro atoms. The molecule has 2 aromatic rings. The van der Waals surface area contributed by atoms with Crippen molar-refractivity contribution in [2.45, 2.75) is 13.8 Å². The van der Waals surface area contributed by atoms with Gasteiger partial charge in [0.05, 0.1) is 6.54 Å². The Bertz CT molecular complexity index is 641. The number of hydrogen-bond acceptors (Lipinski definition) is 4. The number of anilines is 1. The van der Waals surface area contributed by atoms with Crippen LogP contribution in [0.4, 0.5) is 5.69 Å².